The van der Waals surface area contributed by atoms with Crippen molar-refractivity contribution in [3.63, 3.8) is 0 Å². The predicted octanol–water partition coefficient (Wildman–Crippen LogP) is 6.01. The second-order valence-corrected chi connectivity index (χ2v) is 7.98. The topological polar surface area (TPSA) is 36.1 Å². The minimum Gasteiger partial charge on any atom is -0.356 e. The van der Waals surface area contributed by atoms with Gasteiger partial charge >= 0.3 is 0 Å². The molecule has 0 radical (unpaired) electrons. The van der Waals surface area contributed by atoms with Crippen LogP contribution in [-0.2, 0) is 11.2 Å². The Hall–Kier alpha value is -3.30. The number of rotatable bonds is 3. The summed E-state index contributed by atoms with van der Waals surface area (Å²) in [4.78, 5) is 18.8. The van der Waals surface area contributed by atoms with Gasteiger partial charge in [0.1, 0.15) is 0 Å². The molecule has 5 rings (SSSR count). The molecule has 3 nitrogen and oxygen atoms in total. The number of fused-ring (bicyclic) bond motifs is 3. The lowest BCUT2D eigenvalue weighted by Gasteiger charge is -2.35. The number of hydrogen-bond donors (Lipinski definition) is 1. The van der Waals surface area contributed by atoms with Gasteiger partial charge in [0.25, 0.3) is 0 Å². The van der Waals surface area contributed by atoms with Crippen molar-refractivity contribution in [2.45, 2.75) is 12.5 Å². The van der Waals surface area contributed by atoms with Crippen LogP contribution in [0.25, 0.3) is 17.0 Å². The third kappa shape index (κ3) is 3.42. The van der Waals surface area contributed by atoms with E-state index in [0.29, 0.717) is 11.6 Å². The summed E-state index contributed by atoms with van der Waals surface area (Å²) in [5, 5.41) is 1.92. The summed E-state index contributed by atoms with van der Waals surface area (Å²) in [7, 11) is 0. The quantitative estimate of drug-likeness (QED) is 0.411. The van der Waals surface area contributed by atoms with Crippen LogP contribution in [0.1, 0.15) is 28.4 Å². The van der Waals surface area contributed by atoms with E-state index in [1.807, 2.05) is 71.6 Å². The maximum absolute atomic E-state index is 13.2. The fourth-order valence-electron chi connectivity index (χ4n) is 4.30. The summed E-state index contributed by atoms with van der Waals surface area (Å²) >= 11 is 6.13. The van der Waals surface area contributed by atoms with Crippen molar-refractivity contribution in [2.24, 2.45) is 0 Å². The van der Waals surface area contributed by atoms with Crippen LogP contribution in [-0.4, -0.2) is 22.3 Å². The second kappa shape index (κ2) is 7.85. The van der Waals surface area contributed by atoms with Crippen LogP contribution in [0.2, 0.25) is 5.02 Å². The Morgan fingerprint density at radius 2 is 1.70 bits per heavy atom. The van der Waals surface area contributed by atoms with Crippen molar-refractivity contribution >= 4 is 34.5 Å². The Morgan fingerprint density at radius 1 is 0.967 bits per heavy atom. The molecule has 0 saturated heterocycles. The molecular formula is C26H21ClN2O. The highest BCUT2D eigenvalue weighted by atomic mass is 35.5. The maximum Gasteiger partial charge on any atom is 0.247 e. The molecular weight excluding hydrogens is 392 g/mol. The van der Waals surface area contributed by atoms with E-state index in [4.69, 9.17) is 11.6 Å². The largest absolute Gasteiger partial charge is 0.356 e. The summed E-state index contributed by atoms with van der Waals surface area (Å²) in [6.45, 7) is 0.667. The van der Waals surface area contributed by atoms with Gasteiger partial charge in [-0.3, -0.25) is 4.79 Å². The first-order chi connectivity index (χ1) is 14.7. The number of benzene rings is 3. The Bertz CT molecular complexity index is 1230. The molecule has 1 aliphatic rings. The lowest BCUT2D eigenvalue weighted by molar-refractivity contribution is -0.128. The molecule has 0 spiro atoms. The van der Waals surface area contributed by atoms with E-state index in [-0.39, 0.29) is 11.9 Å². The summed E-state index contributed by atoms with van der Waals surface area (Å²) in [6, 6.07) is 25.8. The number of aromatic amines is 1. The molecule has 1 aromatic heterocycles. The van der Waals surface area contributed by atoms with Gasteiger partial charge in [-0.25, -0.2) is 0 Å². The molecule has 148 valence electrons. The van der Waals surface area contributed by atoms with Gasteiger partial charge in [0.05, 0.1) is 6.04 Å². The minimum atomic E-state index is -0.175. The SMILES string of the molecule is O=C(C=Cc1ccccc1)N1CCc2c([nH]c3ccccc23)C1c1ccc(Cl)cc1. The molecule has 1 aliphatic heterocycles. The summed E-state index contributed by atoms with van der Waals surface area (Å²) in [5.41, 5.74) is 5.55. The van der Waals surface area contributed by atoms with Crippen molar-refractivity contribution in [3.05, 3.63) is 112 Å². The molecule has 4 aromatic rings. The van der Waals surface area contributed by atoms with Gasteiger partial charge in [0.2, 0.25) is 5.91 Å². The number of amides is 1. The molecule has 1 amide bonds. The van der Waals surface area contributed by atoms with Crippen molar-refractivity contribution in [3.8, 4) is 0 Å². The number of para-hydroxylation sites is 1. The first kappa shape index (κ1) is 18.7. The molecule has 0 aliphatic carbocycles. The van der Waals surface area contributed by atoms with Gasteiger partial charge in [-0.15, -0.1) is 0 Å². The minimum absolute atomic E-state index is 0.00288. The first-order valence-electron chi connectivity index (χ1n) is 10.1. The molecule has 0 bridgehead atoms. The number of nitrogens with zero attached hydrogens (tertiary/aromatic N) is 1. The number of H-pyrrole nitrogens is 1. The highest BCUT2D eigenvalue weighted by Crippen LogP contribution is 2.38. The van der Waals surface area contributed by atoms with Gasteiger partial charge in [-0.2, -0.15) is 0 Å². The molecule has 1 unspecified atom stereocenters. The van der Waals surface area contributed by atoms with Crippen LogP contribution in [0.4, 0.5) is 0 Å². The van der Waals surface area contributed by atoms with Crippen LogP contribution < -0.4 is 0 Å². The lowest BCUT2D eigenvalue weighted by atomic mass is 9.92. The average molecular weight is 413 g/mol. The molecule has 4 heteroatoms. The average Bonchev–Trinajstić information content (AvgIpc) is 3.17. The van der Waals surface area contributed by atoms with E-state index in [1.54, 1.807) is 6.08 Å². The Labute approximate surface area is 180 Å². The van der Waals surface area contributed by atoms with Gasteiger partial charge in [0, 0.05) is 34.2 Å². The third-order valence-electron chi connectivity index (χ3n) is 5.72. The van der Waals surface area contributed by atoms with Crippen LogP contribution in [0.5, 0.6) is 0 Å². The summed E-state index contributed by atoms with van der Waals surface area (Å²) in [6.07, 6.45) is 4.38. The molecule has 2 heterocycles. The van der Waals surface area contributed by atoms with Crippen LogP contribution >= 0.6 is 11.6 Å². The number of halogens is 1. The fourth-order valence-corrected chi connectivity index (χ4v) is 4.42. The van der Waals surface area contributed by atoms with E-state index in [9.17, 15) is 4.79 Å². The van der Waals surface area contributed by atoms with E-state index in [2.05, 4.69) is 23.2 Å². The predicted molar refractivity (Wildman–Crippen MR) is 122 cm³/mol. The fraction of sp³-hybridized carbons (Fsp3) is 0.115. The van der Waals surface area contributed by atoms with Gasteiger partial charge in [-0.1, -0.05) is 72.3 Å². The molecule has 3 aromatic carbocycles. The third-order valence-corrected chi connectivity index (χ3v) is 5.97. The highest BCUT2D eigenvalue weighted by Gasteiger charge is 2.33. The number of nitrogens with one attached hydrogen (secondary N) is 1. The Morgan fingerprint density at radius 3 is 2.50 bits per heavy atom. The van der Waals surface area contributed by atoms with E-state index in [0.717, 1.165) is 28.8 Å². The summed E-state index contributed by atoms with van der Waals surface area (Å²) in [5.74, 6) is 0.00288. The zero-order valence-electron chi connectivity index (χ0n) is 16.4. The standard InChI is InChI=1S/C26H21ClN2O/c27-20-13-11-19(12-14-20)26-25-22(21-8-4-5-9-23(21)28-25)16-17-29(26)24(30)15-10-18-6-2-1-3-7-18/h1-15,26,28H,16-17H2. The second-order valence-electron chi connectivity index (χ2n) is 7.54. The smallest absolute Gasteiger partial charge is 0.247 e. The van der Waals surface area contributed by atoms with Crippen LogP contribution in [0, 0.1) is 0 Å². The molecule has 30 heavy (non-hydrogen) atoms. The molecule has 0 saturated carbocycles. The van der Waals surface area contributed by atoms with Gasteiger partial charge in [0.15, 0.2) is 0 Å². The van der Waals surface area contributed by atoms with Crippen molar-refractivity contribution in [2.75, 3.05) is 6.54 Å². The van der Waals surface area contributed by atoms with Gasteiger partial charge in [-0.05, 0) is 47.4 Å². The highest BCUT2D eigenvalue weighted by molar-refractivity contribution is 6.30. The van der Waals surface area contributed by atoms with E-state index < -0.39 is 0 Å². The van der Waals surface area contributed by atoms with Crippen LogP contribution in [0.3, 0.4) is 0 Å². The zero-order valence-corrected chi connectivity index (χ0v) is 17.1. The maximum atomic E-state index is 13.2. The molecule has 0 fully saturated rings. The Kier molecular flexibility index (Phi) is 4.89. The van der Waals surface area contributed by atoms with E-state index >= 15 is 0 Å². The number of aromatic nitrogens is 1. The molecule has 1 atom stereocenters. The Balaban J connectivity index is 1.57. The van der Waals surface area contributed by atoms with Gasteiger partial charge < -0.3 is 9.88 Å². The van der Waals surface area contributed by atoms with Crippen LogP contribution in [0.15, 0.2) is 84.9 Å². The number of hydrogen-bond acceptors (Lipinski definition) is 1. The summed E-state index contributed by atoms with van der Waals surface area (Å²) < 4.78 is 0. The number of carbonyl (C=O) groups excluding carboxylic acids is 1. The lowest BCUT2D eigenvalue weighted by Crippen LogP contribution is -2.39. The monoisotopic (exact) mass is 412 g/mol. The van der Waals surface area contributed by atoms with Crippen molar-refractivity contribution in [1.82, 2.24) is 9.88 Å². The number of carbonyl (C=O) groups is 1. The van der Waals surface area contributed by atoms with Crippen molar-refractivity contribution in [1.29, 1.82) is 0 Å². The molecule has 1 N–H and O–H groups in total. The van der Waals surface area contributed by atoms with Crippen molar-refractivity contribution < 1.29 is 4.79 Å². The van der Waals surface area contributed by atoms with E-state index in [1.165, 1.54) is 10.9 Å². The zero-order chi connectivity index (χ0) is 20.5. The normalized spacial score (nSPS) is 16.2. The first-order valence-corrected chi connectivity index (χ1v) is 10.5.